The zero-order valence-electron chi connectivity index (χ0n) is 15.9. The molecule has 0 aliphatic heterocycles. The Morgan fingerprint density at radius 1 is 0.815 bits per heavy atom. The summed E-state index contributed by atoms with van der Waals surface area (Å²) in [5.41, 5.74) is 1.55. The van der Waals surface area contributed by atoms with Crippen LogP contribution in [0.15, 0.2) is 54.6 Å². The lowest BCUT2D eigenvalue weighted by Gasteiger charge is -2.16. The number of hydrogen-bond acceptors (Lipinski definition) is 4. The summed E-state index contributed by atoms with van der Waals surface area (Å²) < 4.78 is 15.8. The maximum absolute atomic E-state index is 12.8. The summed E-state index contributed by atoms with van der Waals surface area (Å²) in [6.07, 6.45) is 0. The summed E-state index contributed by atoms with van der Waals surface area (Å²) in [6, 6.07) is 17.2. The lowest BCUT2D eigenvalue weighted by atomic mass is 9.97. The summed E-state index contributed by atoms with van der Waals surface area (Å²) in [7, 11) is 4.80. The van der Waals surface area contributed by atoms with Crippen LogP contribution in [0, 0.1) is 0 Å². The number of carbonyl (C=O) groups is 1. The highest BCUT2D eigenvalue weighted by atomic mass is 16.5. The summed E-state index contributed by atoms with van der Waals surface area (Å²) in [6.45, 7) is 1.88. The molecule has 1 unspecified atom stereocenters. The Balaban J connectivity index is 1.82. The second-order valence-electron chi connectivity index (χ2n) is 6.25. The van der Waals surface area contributed by atoms with Gasteiger partial charge in [0.15, 0.2) is 0 Å². The smallest absolute Gasteiger partial charge is 0.231 e. The van der Waals surface area contributed by atoms with Crippen LogP contribution in [-0.4, -0.2) is 27.2 Å². The molecular weight excluding hydrogens is 342 g/mol. The minimum Gasteiger partial charge on any atom is -0.497 e. The van der Waals surface area contributed by atoms with Gasteiger partial charge >= 0.3 is 0 Å². The first-order valence-corrected chi connectivity index (χ1v) is 8.66. The molecule has 1 N–H and O–H groups in total. The maximum Gasteiger partial charge on any atom is 0.231 e. The van der Waals surface area contributed by atoms with Crippen molar-refractivity contribution in [1.82, 2.24) is 0 Å². The van der Waals surface area contributed by atoms with E-state index < -0.39 is 0 Å². The van der Waals surface area contributed by atoms with Gasteiger partial charge in [0, 0.05) is 6.07 Å². The van der Waals surface area contributed by atoms with E-state index in [1.165, 1.54) is 0 Å². The van der Waals surface area contributed by atoms with Gasteiger partial charge in [0.05, 0.1) is 32.9 Å². The number of hydrogen-bond donors (Lipinski definition) is 1. The second kappa shape index (κ2) is 7.99. The van der Waals surface area contributed by atoms with Crippen molar-refractivity contribution in [2.45, 2.75) is 12.8 Å². The average Bonchev–Trinajstić information content (AvgIpc) is 2.72. The molecule has 0 aliphatic rings. The SMILES string of the molecule is COc1ccc(NC(=O)C(C)c2ccc3cc(OC)ccc3c2)c(OC)c1. The Morgan fingerprint density at radius 3 is 2.15 bits per heavy atom. The standard InChI is InChI=1S/C22H23NO4/c1-14(15-5-6-17-12-18(25-2)8-7-16(17)11-15)22(24)23-20-10-9-19(26-3)13-21(20)27-4/h5-14H,1-4H3,(H,23,24). The van der Waals surface area contributed by atoms with Crippen molar-refractivity contribution in [2.24, 2.45) is 0 Å². The highest BCUT2D eigenvalue weighted by Gasteiger charge is 2.18. The quantitative estimate of drug-likeness (QED) is 0.693. The van der Waals surface area contributed by atoms with Crippen LogP contribution in [0.3, 0.4) is 0 Å². The minimum absolute atomic E-state index is 0.105. The van der Waals surface area contributed by atoms with E-state index in [9.17, 15) is 4.79 Å². The van der Waals surface area contributed by atoms with Crippen molar-refractivity contribution in [1.29, 1.82) is 0 Å². The molecule has 5 nitrogen and oxygen atoms in total. The Kier molecular flexibility index (Phi) is 5.50. The lowest BCUT2D eigenvalue weighted by molar-refractivity contribution is -0.117. The molecule has 3 aromatic carbocycles. The molecule has 3 rings (SSSR count). The van der Waals surface area contributed by atoms with Crippen LogP contribution in [0.4, 0.5) is 5.69 Å². The number of rotatable bonds is 6. The van der Waals surface area contributed by atoms with Gasteiger partial charge in [-0.3, -0.25) is 4.79 Å². The molecule has 140 valence electrons. The molecule has 27 heavy (non-hydrogen) atoms. The van der Waals surface area contributed by atoms with Gasteiger partial charge in [-0.15, -0.1) is 0 Å². The van der Waals surface area contributed by atoms with Gasteiger partial charge in [0.25, 0.3) is 0 Å². The fourth-order valence-electron chi connectivity index (χ4n) is 2.93. The largest absolute Gasteiger partial charge is 0.497 e. The van der Waals surface area contributed by atoms with E-state index in [-0.39, 0.29) is 11.8 Å². The van der Waals surface area contributed by atoms with Crippen LogP contribution in [0.1, 0.15) is 18.4 Å². The Labute approximate surface area is 158 Å². The molecule has 0 saturated carbocycles. The van der Waals surface area contributed by atoms with E-state index in [4.69, 9.17) is 14.2 Å². The normalized spacial score (nSPS) is 11.7. The van der Waals surface area contributed by atoms with Crippen LogP contribution >= 0.6 is 0 Å². The van der Waals surface area contributed by atoms with Crippen molar-refractivity contribution in [2.75, 3.05) is 26.6 Å². The van der Waals surface area contributed by atoms with E-state index in [0.717, 1.165) is 22.1 Å². The number of amides is 1. The summed E-state index contributed by atoms with van der Waals surface area (Å²) >= 11 is 0. The third-order valence-electron chi connectivity index (χ3n) is 4.63. The average molecular weight is 365 g/mol. The Morgan fingerprint density at radius 2 is 1.44 bits per heavy atom. The van der Waals surface area contributed by atoms with Gasteiger partial charge in [0.2, 0.25) is 5.91 Å². The summed E-state index contributed by atoms with van der Waals surface area (Å²) in [4.78, 5) is 12.8. The highest BCUT2D eigenvalue weighted by Crippen LogP contribution is 2.31. The van der Waals surface area contributed by atoms with Gasteiger partial charge in [-0.05, 0) is 47.5 Å². The van der Waals surface area contributed by atoms with Crippen LogP contribution in [0.5, 0.6) is 17.2 Å². The topological polar surface area (TPSA) is 56.8 Å². The van der Waals surface area contributed by atoms with Crippen molar-refractivity contribution in [3.05, 3.63) is 60.2 Å². The molecule has 0 heterocycles. The number of nitrogens with one attached hydrogen (secondary N) is 1. The summed E-state index contributed by atoms with van der Waals surface area (Å²) in [5, 5.41) is 5.07. The predicted molar refractivity (Wildman–Crippen MR) is 107 cm³/mol. The van der Waals surface area contributed by atoms with Crippen molar-refractivity contribution >= 4 is 22.4 Å². The monoisotopic (exact) mass is 365 g/mol. The molecule has 1 atom stereocenters. The molecule has 0 fully saturated rings. The number of ether oxygens (including phenoxy) is 3. The highest BCUT2D eigenvalue weighted by molar-refractivity contribution is 5.97. The van der Waals surface area contributed by atoms with Gasteiger partial charge in [-0.2, -0.15) is 0 Å². The summed E-state index contributed by atoms with van der Waals surface area (Å²) in [5.74, 6) is 1.62. The molecule has 0 bridgehead atoms. The molecule has 3 aromatic rings. The lowest BCUT2D eigenvalue weighted by Crippen LogP contribution is -2.19. The molecule has 0 aromatic heterocycles. The maximum atomic E-state index is 12.8. The number of methoxy groups -OCH3 is 3. The first-order chi connectivity index (χ1) is 13.0. The van der Waals surface area contributed by atoms with Crippen molar-refractivity contribution in [3.63, 3.8) is 0 Å². The van der Waals surface area contributed by atoms with Crippen molar-refractivity contribution < 1.29 is 19.0 Å². The van der Waals surface area contributed by atoms with E-state index in [1.807, 2.05) is 43.3 Å². The number of fused-ring (bicyclic) bond motifs is 1. The van der Waals surface area contributed by atoms with Gasteiger partial charge in [-0.25, -0.2) is 0 Å². The third kappa shape index (κ3) is 3.97. The molecular formula is C22H23NO4. The predicted octanol–water partition coefficient (Wildman–Crippen LogP) is 4.61. The van der Waals surface area contributed by atoms with E-state index >= 15 is 0 Å². The third-order valence-corrected chi connectivity index (χ3v) is 4.63. The number of benzene rings is 3. The van der Waals surface area contributed by atoms with Crippen LogP contribution in [-0.2, 0) is 4.79 Å². The Hall–Kier alpha value is -3.21. The number of anilines is 1. The fraction of sp³-hybridized carbons (Fsp3) is 0.227. The zero-order valence-corrected chi connectivity index (χ0v) is 15.9. The first kappa shape index (κ1) is 18.6. The van der Waals surface area contributed by atoms with Crippen molar-refractivity contribution in [3.8, 4) is 17.2 Å². The molecule has 5 heteroatoms. The fourth-order valence-corrected chi connectivity index (χ4v) is 2.93. The van der Waals surface area contributed by atoms with E-state index in [1.54, 1.807) is 39.5 Å². The number of carbonyl (C=O) groups excluding carboxylic acids is 1. The molecule has 0 spiro atoms. The van der Waals surface area contributed by atoms with E-state index in [2.05, 4.69) is 5.32 Å². The molecule has 0 saturated heterocycles. The molecule has 1 amide bonds. The van der Waals surface area contributed by atoms with Gasteiger partial charge in [0.1, 0.15) is 17.2 Å². The zero-order chi connectivity index (χ0) is 19.4. The van der Waals surface area contributed by atoms with Crippen LogP contribution < -0.4 is 19.5 Å². The molecule has 0 radical (unpaired) electrons. The molecule has 0 aliphatic carbocycles. The first-order valence-electron chi connectivity index (χ1n) is 8.66. The van der Waals surface area contributed by atoms with Crippen LogP contribution in [0.2, 0.25) is 0 Å². The Bertz CT molecular complexity index is 968. The van der Waals surface area contributed by atoms with Gasteiger partial charge in [-0.1, -0.05) is 24.3 Å². The van der Waals surface area contributed by atoms with Crippen LogP contribution in [0.25, 0.3) is 10.8 Å². The minimum atomic E-state index is -0.316. The van der Waals surface area contributed by atoms with E-state index in [0.29, 0.717) is 17.2 Å². The van der Waals surface area contributed by atoms with Gasteiger partial charge < -0.3 is 19.5 Å². The second-order valence-corrected chi connectivity index (χ2v) is 6.25.